The zero-order valence-electron chi connectivity index (χ0n) is 8.25. The van der Waals surface area contributed by atoms with Crippen LogP contribution < -0.4 is 5.73 Å². The SMILES string of the molecule is Nc1ccc(SC2COC2)c(C(F)(F)F)c1. The first-order valence-corrected chi connectivity index (χ1v) is 5.56. The molecule has 0 amide bonds. The number of nitrogens with two attached hydrogens (primary N) is 1. The number of rotatable bonds is 2. The molecule has 0 bridgehead atoms. The van der Waals surface area contributed by atoms with Crippen LogP contribution in [0, 0.1) is 0 Å². The maximum Gasteiger partial charge on any atom is 0.417 e. The first-order chi connectivity index (χ1) is 7.47. The van der Waals surface area contributed by atoms with Crippen LogP contribution in [-0.2, 0) is 10.9 Å². The summed E-state index contributed by atoms with van der Waals surface area (Å²) in [5.74, 6) is 0. The van der Waals surface area contributed by atoms with Crippen LogP contribution in [0.3, 0.4) is 0 Å². The molecule has 1 fully saturated rings. The van der Waals surface area contributed by atoms with E-state index in [1.807, 2.05) is 0 Å². The van der Waals surface area contributed by atoms with Crippen molar-refractivity contribution >= 4 is 17.4 Å². The molecule has 1 saturated heterocycles. The van der Waals surface area contributed by atoms with Crippen molar-refractivity contribution in [3.8, 4) is 0 Å². The fraction of sp³-hybridized carbons (Fsp3) is 0.400. The van der Waals surface area contributed by atoms with Gasteiger partial charge in [0, 0.05) is 10.6 Å². The summed E-state index contributed by atoms with van der Waals surface area (Å²) in [6.07, 6.45) is -4.36. The molecule has 0 unspecified atom stereocenters. The Morgan fingerprint density at radius 3 is 2.50 bits per heavy atom. The molecular formula is C10H10F3NOS. The van der Waals surface area contributed by atoms with Gasteiger partial charge in [-0.1, -0.05) is 0 Å². The van der Waals surface area contributed by atoms with Crippen molar-refractivity contribution in [3.05, 3.63) is 23.8 Å². The van der Waals surface area contributed by atoms with E-state index in [2.05, 4.69) is 0 Å². The van der Waals surface area contributed by atoms with E-state index in [9.17, 15) is 13.2 Å². The number of thioether (sulfide) groups is 1. The molecule has 0 aliphatic carbocycles. The maximum absolute atomic E-state index is 12.7. The van der Waals surface area contributed by atoms with E-state index in [1.165, 1.54) is 23.9 Å². The quantitative estimate of drug-likeness (QED) is 0.818. The Bertz CT molecular complexity index is 390. The maximum atomic E-state index is 12.7. The summed E-state index contributed by atoms with van der Waals surface area (Å²) in [4.78, 5) is 0.218. The molecule has 1 heterocycles. The second-order valence-corrected chi connectivity index (χ2v) is 4.87. The van der Waals surface area contributed by atoms with Crippen LogP contribution in [0.1, 0.15) is 5.56 Å². The predicted octanol–water partition coefficient (Wildman–Crippen LogP) is 2.78. The molecule has 0 saturated carbocycles. The van der Waals surface area contributed by atoms with E-state index >= 15 is 0 Å². The number of hydrogen-bond donors (Lipinski definition) is 1. The van der Waals surface area contributed by atoms with Crippen LogP contribution in [-0.4, -0.2) is 18.5 Å². The Morgan fingerprint density at radius 2 is 2.00 bits per heavy atom. The minimum Gasteiger partial charge on any atom is -0.399 e. The second-order valence-electron chi connectivity index (χ2n) is 3.53. The van der Waals surface area contributed by atoms with Crippen molar-refractivity contribution in [2.75, 3.05) is 18.9 Å². The molecule has 6 heteroatoms. The summed E-state index contributed by atoms with van der Waals surface area (Å²) in [5, 5.41) is 0.115. The Labute approximate surface area is 95.0 Å². The van der Waals surface area contributed by atoms with Crippen molar-refractivity contribution in [2.24, 2.45) is 0 Å². The molecule has 2 rings (SSSR count). The first kappa shape index (κ1) is 11.6. The highest BCUT2D eigenvalue weighted by Crippen LogP contribution is 2.40. The summed E-state index contributed by atoms with van der Waals surface area (Å²) >= 11 is 1.19. The average molecular weight is 249 g/mol. The summed E-state index contributed by atoms with van der Waals surface area (Å²) in [5.41, 5.74) is 4.83. The van der Waals surface area contributed by atoms with E-state index in [4.69, 9.17) is 10.5 Å². The third kappa shape index (κ3) is 2.44. The van der Waals surface area contributed by atoms with Gasteiger partial charge in [-0.25, -0.2) is 0 Å². The molecule has 88 valence electrons. The molecule has 2 N–H and O–H groups in total. The molecule has 0 aromatic heterocycles. The van der Waals surface area contributed by atoms with E-state index in [1.54, 1.807) is 0 Å². The third-order valence-corrected chi connectivity index (χ3v) is 3.43. The molecule has 1 aliphatic heterocycles. The number of hydrogen-bond acceptors (Lipinski definition) is 3. The first-order valence-electron chi connectivity index (χ1n) is 4.68. The minimum absolute atomic E-state index is 0.115. The lowest BCUT2D eigenvalue weighted by Crippen LogP contribution is -2.30. The monoisotopic (exact) mass is 249 g/mol. The van der Waals surface area contributed by atoms with Gasteiger partial charge < -0.3 is 10.5 Å². The van der Waals surface area contributed by atoms with E-state index in [0.717, 1.165) is 6.07 Å². The Morgan fingerprint density at radius 1 is 1.31 bits per heavy atom. The van der Waals surface area contributed by atoms with E-state index in [0.29, 0.717) is 13.2 Å². The summed E-state index contributed by atoms with van der Waals surface area (Å²) < 4.78 is 43.0. The summed E-state index contributed by atoms with van der Waals surface area (Å²) in [6.45, 7) is 1.01. The molecule has 2 nitrogen and oxygen atoms in total. The van der Waals surface area contributed by atoms with Crippen molar-refractivity contribution in [1.29, 1.82) is 0 Å². The lowest BCUT2D eigenvalue weighted by atomic mass is 10.2. The van der Waals surface area contributed by atoms with Crippen molar-refractivity contribution in [2.45, 2.75) is 16.3 Å². The van der Waals surface area contributed by atoms with Gasteiger partial charge in [-0.2, -0.15) is 13.2 Å². The van der Waals surface area contributed by atoms with Gasteiger partial charge in [0.25, 0.3) is 0 Å². The molecule has 0 spiro atoms. The van der Waals surface area contributed by atoms with Crippen LogP contribution in [0.4, 0.5) is 18.9 Å². The highest BCUT2D eigenvalue weighted by atomic mass is 32.2. The zero-order chi connectivity index (χ0) is 11.8. The second kappa shape index (κ2) is 4.18. The lowest BCUT2D eigenvalue weighted by molar-refractivity contribution is -0.139. The largest absolute Gasteiger partial charge is 0.417 e. The molecule has 0 atom stereocenters. The van der Waals surface area contributed by atoms with Crippen LogP contribution in [0.15, 0.2) is 23.1 Å². The van der Waals surface area contributed by atoms with Crippen LogP contribution in [0.5, 0.6) is 0 Å². The van der Waals surface area contributed by atoms with Gasteiger partial charge in [0.2, 0.25) is 0 Å². The van der Waals surface area contributed by atoms with Crippen LogP contribution >= 0.6 is 11.8 Å². The van der Waals surface area contributed by atoms with E-state index in [-0.39, 0.29) is 15.8 Å². The lowest BCUT2D eigenvalue weighted by Gasteiger charge is -2.26. The van der Waals surface area contributed by atoms with Crippen LogP contribution in [0.2, 0.25) is 0 Å². The van der Waals surface area contributed by atoms with Gasteiger partial charge in [0.15, 0.2) is 0 Å². The Balaban J connectivity index is 2.28. The number of nitrogen functional groups attached to an aromatic ring is 1. The predicted molar refractivity (Wildman–Crippen MR) is 56.3 cm³/mol. The number of anilines is 1. The van der Waals surface area contributed by atoms with Gasteiger partial charge in [-0.05, 0) is 18.2 Å². The number of benzene rings is 1. The van der Waals surface area contributed by atoms with Gasteiger partial charge in [-0.3, -0.25) is 0 Å². The highest BCUT2D eigenvalue weighted by molar-refractivity contribution is 8.00. The van der Waals surface area contributed by atoms with Gasteiger partial charge in [-0.15, -0.1) is 11.8 Å². The summed E-state index contributed by atoms with van der Waals surface area (Å²) in [7, 11) is 0. The zero-order valence-corrected chi connectivity index (χ0v) is 9.07. The van der Waals surface area contributed by atoms with Gasteiger partial charge in [0.05, 0.1) is 24.0 Å². The highest BCUT2D eigenvalue weighted by Gasteiger charge is 2.35. The van der Waals surface area contributed by atoms with Crippen molar-refractivity contribution in [3.63, 3.8) is 0 Å². The van der Waals surface area contributed by atoms with Crippen molar-refractivity contribution in [1.82, 2.24) is 0 Å². The molecule has 1 aromatic rings. The Hall–Kier alpha value is -0.880. The Kier molecular flexibility index (Phi) is 3.03. The van der Waals surface area contributed by atoms with Gasteiger partial charge >= 0.3 is 6.18 Å². The number of alkyl halides is 3. The summed E-state index contributed by atoms with van der Waals surface area (Å²) in [6, 6.07) is 3.88. The molecule has 0 radical (unpaired) electrons. The van der Waals surface area contributed by atoms with Crippen LogP contribution in [0.25, 0.3) is 0 Å². The fourth-order valence-corrected chi connectivity index (χ4v) is 2.47. The molecule has 1 aliphatic rings. The number of halogens is 3. The topological polar surface area (TPSA) is 35.2 Å². The molecule has 16 heavy (non-hydrogen) atoms. The smallest absolute Gasteiger partial charge is 0.399 e. The van der Waals surface area contributed by atoms with Gasteiger partial charge in [0.1, 0.15) is 0 Å². The standard InChI is InChI=1S/C10H10F3NOS/c11-10(12,13)8-3-6(14)1-2-9(8)16-7-4-15-5-7/h1-3,7H,4-5,14H2. The average Bonchev–Trinajstić information content (AvgIpc) is 2.11. The van der Waals surface area contributed by atoms with E-state index < -0.39 is 11.7 Å². The molecular weight excluding hydrogens is 239 g/mol. The molecule has 1 aromatic carbocycles. The van der Waals surface area contributed by atoms with Crippen molar-refractivity contribution < 1.29 is 17.9 Å². The third-order valence-electron chi connectivity index (χ3n) is 2.21. The normalized spacial score (nSPS) is 17.2. The fourth-order valence-electron chi connectivity index (χ4n) is 1.33. The number of ether oxygens (including phenoxy) is 1. The minimum atomic E-state index is -4.36.